The molecule has 1 fully saturated rings. The number of carbonyl (C=O) groups is 1. The zero-order valence-electron chi connectivity index (χ0n) is 14.6. The third-order valence-corrected chi connectivity index (χ3v) is 4.94. The van der Waals surface area contributed by atoms with E-state index in [1.54, 1.807) is 4.90 Å². The number of halogens is 3. The highest BCUT2D eigenvalue weighted by Gasteiger charge is 2.34. The van der Waals surface area contributed by atoms with E-state index in [4.69, 9.17) is 4.74 Å². The first-order valence-electron chi connectivity index (χ1n) is 8.53. The SMILES string of the molecule is CCC1(CC)CCCN(C(=O)OCc2ccc(OC(F)(F)F)cc2)C1. The first-order valence-corrected chi connectivity index (χ1v) is 8.53. The first kappa shape index (κ1) is 19.4. The van der Waals surface area contributed by atoms with Gasteiger partial charge in [-0.3, -0.25) is 0 Å². The molecule has 2 rings (SSSR count). The van der Waals surface area contributed by atoms with Gasteiger partial charge in [0.05, 0.1) is 0 Å². The summed E-state index contributed by atoms with van der Waals surface area (Å²) in [6, 6.07) is 5.31. The first-order chi connectivity index (χ1) is 11.8. The normalized spacial score (nSPS) is 17.2. The molecule has 1 aliphatic heterocycles. The smallest absolute Gasteiger partial charge is 0.445 e. The highest BCUT2D eigenvalue weighted by Crippen LogP contribution is 2.36. The molecule has 0 spiro atoms. The largest absolute Gasteiger partial charge is 0.573 e. The van der Waals surface area contributed by atoms with Crippen LogP contribution in [0.15, 0.2) is 24.3 Å². The van der Waals surface area contributed by atoms with Crippen molar-refractivity contribution in [3.63, 3.8) is 0 Å². The fourth-order valence-corrected chi connectivity index (χ4v) is 3.21. The molecule has 0 unspecified atom stereocenters. The summed E-state index contributed by atoms with van der Waals surface area (Å²) < 4.78 is 45.5. The van der Waals surface area contributed by atoms with Crippen molar-refractivity contribution < 1.29 is 27.4 Å². The number of hydrogen-bond acceptors (Lipinski definition) is 3. The van der Waals surface area contributed by atoms with Crippen LogP contribution >= 0.6 is 0 Å². The number of likely N-dealkylation sites (tertiary alicyclic amines) is 1. The maximum atomic E-state index is 12.3. The lowest BCUT2D eigenvalue weighted by Crippen LogP contribution is -2.45. The molecule has 0 aromatic heterocycles. The lowest BCUT2D eigenvalue weighted by atomic mass is 9.75. The maximum absolute atomic E-state index is 12.3. The molecule has 1 aliphatic rings. The van der Waals surface area contributed by atoms with Gasteiger partial charge in [0.25, 0.3) is 0 Å². The van der Waals surface area contributed by atoms with Crippen molar-refractivity contribution >= 4 is 6.09 Å². The Morgan fingerprint density at radius 2 is 1.84 bits per heavy atom. The molecule has 0 atom stereocenters. The number of piperidine rings is 1. The van der Waals surface area contributed by atoms with Gasteiger partial charge < -0.3 is 14.4 Å². The van der Waals surface area contributed by atoms with E-state index in [0.717, 1.165) is 25.7 Å². The van der Waals surface area contributed by atoms with Crippen molar-refractivity contribution in [2.75, 3.05) is 13.1 Å². The molecular weight excluding hydrogens is 335 g/mol. The molecule has 1 heterocycles. The standard InChI is InChI=1S/C18H24F3NO3/c1-3-17(4-2)10-5-11-22(13-17)16(23)24-12-14-6-8-15(9-7-14)25-18(19,20)21/h6-9H,3-5,10-13H2,1-2H3. The molecule has 1 saturated heterocycles. The van der Waals surface area contributed by atoms with Gasteiger partial charge in [-0.25, -0.2) is 4.79 Å². The number of alkyl halides is 3. The number of rotatable bonds is 5. The molecule has 25 heavy (non-hydrogen) atoms. The zero-order valence-corrected chi connectivity index (χ0v) is 14.6. The molecule has 1 amide bonds. The second-order valence-corrected chi connectivity index (χ2v) is 6.48. The van der Waals surface area contributed by atoms with Crippen LogP contribution in [-0.4, -0.2) is 30.4 Å². The van der Waals surface area contributed by atoms with Gasteiger partial charge in [-0.15, -0.1) is 13.2 Å². The van der Waals surface area contributed by atoms with Crippen molar-refractivity contribution in [1.82, 2.24) is 4.90 Å². The third kappa shape index (κ3) is 5.54. The van der Waals surface area contributed by atoms with Gasteiger partial charge in [0.1, 0.15) is 12.4 Å². The quantitative estimate of drug-likeness (QED) is 0.732. The van der Waals surface area contributed by atoms with Crippen LogP contribution in [-0.2, 0) is 11.3 Å². The molecule has 0 radical (unpaired) electrons. The number of benzene rings is 1. The summed E-state index contributed by atoms with van der Waals surface area (Å²) in [6.45, 7) is 5.68. The third-order valence-electron chi connectivity index (χ3n) is 4.94. The molecule has 7 heteroatoms. The Balaban J connectivity index is 1.87. The van der Waals surface area contributed by atoms with Crippen LogP contribution < -0.4 is 4.74 Å². The minimum absolute atomic E-state index is 0.0207. The van der Waals surface area contributed by atoms with Crippen LogP contribution in [0.4, 0.5) is 18.0 Å². The molecular formula is C18H24F3NO3. The van der Waals surface area contributed by atoms with Gasteiger partial charge in [0, 0.05) is 13.1 Å². The van der Waals surface area contributed by atoms with Crippen molar-refractivity contribution in [3.05, 3.63) is 29.8 Å². The van der Waals surface area contributed by atoms with Gasteiger partial charge in [-0.1, -0.05) is 26.0 Å². The van der Waals surface area contributed by atoms with Crippen molar-refractivity contribution in [1.29, 1.82) is 0 Å². The Labute approximate surface area is 145 Å². The van der Waals surface area contributed by atoms with Crippen molar-refractivity contribution in [2.45, 2.75) is 52.5 Å². The summed E-state index contributed by atoms with van der Waals surface area (Å²) in [7, 11) is 0. The summed E-state index contributed by atoms with van der Waals surface area (Å²) in [6.07, 6.45) is -0.971. The lowest BCUT2D eigenvalue weighted by molar-refractivity contribution is -0.274. The number of amides is 1. The molecule has 4 nitrogen and oxygen atoms in total. The summed E-state index contributed by atoms with van der Waals surface area (Å²) >= 11 is 0. The summed E-state index contributed by atoms with van der Waals surface area (Å²) in [4.78, 5) is 14.0. The molecule has 0 bridgehead atoms. The van der Waals surface area contributed by atoms with E-state index in [1.165, 1.54) is 24.3 Å². The Morgan fingerprint density at radius 3 is 2.40 bits per heavy atom. The molecule has 0 N–H and O–H groups in total. The van der Waals surface area contributed by atoms with E-state index in [9.17, 15) is 18.0 Å². The van der Waals surface area contributed by atoms with E-state index < -0.39 is 6.36 Å². The van der Waals surface area contributed by atoms with E-state index >= 15 is 0 Å². The van der Waals surface area contributed by atoms with Gasteiger partial charge in [-0.05, 0) is 48.8 Å². The fraction of sp³-hybridized carbons (Fsp3) is 0.611. The molecule has 1 aromatic rings. The van der Waals surface area contributed by atoms with Gasteiger partial charge >= 0.3 is 12.5 Å². The van der Waals surface area contributed by atoms with Crippen molar-refractivity contribution in [2.24, 2.45) is 5.41 Å². The average molecular weight is 359 g/mol. The molecule has 1 aromatic carbocycles. The van der Waals surface area contributed by atoms with E-state index in [0.29, 0.717) is 18.7 Å². The Morgan fingerprint density at radius 1 is 1.20 bits per heavy atom. The zero-order chi connectivity index (χ0) is 18.5. The van der Waals surface area contributed by atoms with Crippen LogP contribution in [0.5, 0.6) is 5.75 Å². The highest BCUT2D eigenvalue weighted by molar-refractivity contribution is 5.67. The number of hydrogen-bond donors (Lipinski definition) is 0. The van der Waals surface area contributed by atoms with Crippen LogP contribution in [0.3, 0.4) is 0 Å². The number of nitrogens with zero attached hydrogens (tertiary/aromatic N) is 1. The fourth-order valence-electron chi connectivity index (χ4n) is 3.21. The van der Waals surface area contributed by atoms with E-state index in [1.807, 2.05) is 0 Å². The Hall–Kier alpha value is -1.92. The van der Waals surface area contributed by atoms with E-state index in [2.05, 4.69) is 18.6 Å². The van der Waals surface area contributed by atoms with Gasteiger partial charge in [0.15, 0.2) is 0 Å². The number of ether oxygens (including phenoxy) is 2. The van der Waals surface area contributed by atoms with Crippen LogP contribution in [0.1, 0.15) is 45.1 Å². The topological polar surface area (TPSA) is 38.8 Å². The van der Waals surface area contributed by atoms with Gasteiger partial charge in [0.2, 0.25) is 0 Å². The monoisotopic (exact) mass is 359 g/mol. The van der Waals surface area contributed by atoms with Crippen LogP contribution in [0.25, 0.3) is 0 Å². The Bertz CT molecular complexity index is 568. The predicted octanol–water partition coefficient (Wildman–Crippen LogP) is 5.12. The number of carbonyl (C=O) groups excluding carboxylic acids is 1. The molecule has 0 saturated carbocycles. The lowest BCUT2D eigenvalue weighted by Gasteiger charge is -2.41. The maximum Gasteiger partial charge on any atom is 0.573 e. The minimum Gasteiger partial charge on any atom is -0.445 e. The highest BCUT2D eigenvalue weighted by atomic mass is 19.4. The van der Waals surface area contributed by atoms with Gasteiger partial charge in [-0.2, -0.15) is 0 Å². The second-order valence-electron chi connectivity index (χ2n) is 6.48. The molecule has 0 aliphatic carbocycles. The summed E-state index contributed by atoms with van der Waals surface area (Å²) in [5.74, 6) is -0.297. The predicted molar refractivity (Wildman–Crippen MR) is 87.1 cm³/mol. The van der Waals surface area contributed by atoms with Crippen molar-refractivity contribution in [3.8, 4) is 5.75 Å². The summed E-state index contributed by atoms with van der Waals surface area (Å²) in [5, 5.41) is 0. The minimum atomic E-state index is -4.71. The Kier molecular flexibility index (Phi) is 6.19. The van der Waals surface area contributed by atoms with Crippen LogP contribution in [0, 0.1) is 5.41 Å². The van der Waals surface area contributed by atoms with Crippen LogP contribution in [0.2, 0.25) is 0 Å². The summed E-state index contributed by atoms with van der Waals surface area (Å²) in [5.41, 5.74) is 0.769. The molecule has 140 valence electrons. The average Bonchev–Trinajstić information content (AvgIpc) is 2.59. The second kappa shape index (κ2) is 7.97. The van der Waals surface area contributed by atoms with E-state index in [-0.39, 0.29) is 23.9 Å².